The summed E-state index contributed by atoms with van der Waals surface area (Å²) in [5.41, 5.74) is 1.70. The number of sulfone groups is 1. The molecule has 0 spiro atoms. The van der Waals surface area contributed by atoms with Crippen molar-refractivity contribution in [3.63, 3.8) is 0 Å². The molecule has 1 amide bonds. The lowest BCUT2D eigenvalue weighted by molar-refractivity contribution is 0.103. The number of carbonyl (C=O) groups excluding carboxylic acids is 1. The summed E-state index contributed by atoms with van der Waals surface area (Å²) in [5.74, 6) is -0.444. The van der Waals surface area contributed by atoms with Gasteiger partial charge in [0.2, 0.25) is 0 Å². The monoisotopic (exact) mass is 390 g/mol. The Balaban J connectivity index is 1.74. The number of hydrogen-bond acceptors (Lipinski definition) is 5. The first-order valence-electron chi connectivity index (χ1n) is 7.32. The molecule has 1 N–H and O–H groups in total. The van der Waals surface area contributed by atoms with Gasteiger partial charge in [0.25, 0.3) is 5.91 Å². The molecule has 3 aromatic rings. The summed E-state index contributed by atoms with van der Waals surface area (Å²) in [7, 11) is -3.39. The minimum absolute atomic E-state index is 0.100. The summed E-state index contributed by atoms with van der Waals surface area (Å²) in [5, 5.41) is 2.91. The standard InChI is InChI=1S/C17H11ClN2O3S2/c18-16-12(5-3-7-19-16)20-17(21)13-8-10-9-25(22,23)14-6-2-1-4-11(14)15(10)24-13/h1-8H,9H2,(H,20,21). The topological polar surface area (TPSA) is 76.1 Å². The second-order valence-electron chi connectivity index (χ2n) is 5.52. The van der Waals surface area contributed by atoms with Gasteiger partial charge in [-0.25, -0.2) is 13.4 Å². The number of anilines is 1. The maximum absolute atomic E-state index is 12.5. The van der Waals surface area contributed by atoms with Crippen LogP contribution < -0.4 is 5.32 Å². The van der Waals surface area contributed by atoms with Crippen LogP contribution in [-0.4, -0.2) is 19.3 Å². The highest BCUT2D eigenvalue weighted by Crippen LogP contribution is 2.42. The number of pyridine rings is 1. The number of amides is 1. The maximum Gasteiger partial charge on any atom is 0.265 e. The Labute approximate surface area is 153 Å². The van der Waals surface area contributed by atoms with Crippen LogP contribution in [0.4, 0.5) is 5.69 Å². The number of fused-ring (bicyclic) bond motifs is 3. The van der Waals surface area contributed by atoms with Crippen molar-refractivity contribution in [2.75, 3.05) is 5.32 Å². The van der Waals surface area contributed by atoms with E-state index in [0.29, 0.717) is 26.6 Å². The fourth-order valence-electron chi connectivity index (χ4n) is 2.75. The Hall–Kier alpha value is -2.22. The zero-order chi connectivity index (χ0) is 17.6. The molecule has 0 aliphatic carbocycles. The van der Waals surface area contributed by atoms with Gasteiger partial charge in [0.1, 0.15) is 0 Å². The van der Waals surface area contributed by atoms with E-state index in [4.69, 9.17) is 11.6 Å². The Morgan fingerprint density at radius 2 is 2.00 bits per heavy atom. The third-order valence-electron chi connectivity index (χ3n) is 3.85. The largest absolute Gasteiger partial charge is 0.319 e. The average Bonchev–Trinajstić information content (AvgIpc) is 3.00. The van der Waals surface area contributed by atoms with E-state index in [-0.39, 0.29) is 16.8 Å². The molecule has 8 heteroatoms. The molecule has 1 aliphatic rings. The molecule has 0 atom stereocenters. The van der Waals surface area contributed by atoms with Crippen molar-refractivity contribution >= 4 is 44.4 Å². The minimum Gasteiger partial charge on any atom is -0.319 e. The molecule has 0 fully saturated rings. The molecular weight excluding hydrogens is 380 g/mol. The molecule has 4 rings (SSSR count). The molecular formula is C17H11ClN2O3S2. The van der Waals surface area contributed by atoms with Gasteiger partial charge < -0.3 is 5.32 Å². The van der Waals surface area contributed by atoms with E-state index in [1.165, 1.54) is 17.5 Å². The highest BCUT2D eigenvalue weighted by atomic mass is 35.5. The van der Waals surface area contributed by atoms with Gasteiger partial charge >= 0.3 is 0 Å². The van der Waals surface area contributed by atoms with Gasteiger partial charge in [-0.3, -0.25) is 4.79 Å². The molecule has 0 saturated heterocycles. The van der Waals surface area contributed by atoms with Crippen molar-refractivity contribution < 1.29 is 13.2 Å². The van der Waals surface area contributed by atoms with Crippen LogP contribution in [0.3, 0.4) is 0 Å². The first-order chi connectivity index (χ1) is 12.0. The fraction of sp³-hybridized carbons (Fsp3) is 0.0588. The summed E-state index contributed by atoms with van der Waals surface area (Å²) in [4.78, 5) is 18.0. The Bertz CT molecular complexity index is 1110. The first-order valence-corrected chi connectivity index (χ1v) is 10.2. The molecule has 0 saturated carbocycles. The lowest BCUT2D eigenvalue weighted by Gasteiger charge is -2.15. The van der Waals surface area contributed by atoms with Crippen molar-refractivity contribution in [1.82, 2.24) is 4.98 Å². The predicted molar refractivity (Wildman–Crippen MR) is 97.8 cm³/mol. The van der Waals surface area contributed by atoms with Crippen molar-refractivity contribution in [3.8, 4) is 10.4 Å². The molecule has 0 bridgehead atoms. The second-order valence-corrected chi connectivity index (χ2v) is 8.88. The number of nitrogens with zero attached hydrogens (tertiary/aromatic N) is 1. The van der Waals surface area contributed by atoms with Crippen molar-refractivity contribution in [1.29, 1.82) is 0 Å². The highest BCUT2D eigenvalue weighted by molar-refractivity contribution is 7.91. The molecule has 0 unspecified atom stereocenters. The van der Waals surface area contributed by atoms with Gasteiger partial charge in [-0.1, -0.05) is 29.8 Å². The Morgan fingerprint density at radius 3 is 2.80 bits per heavy atom. The molecule has 1 aliphatic heterocycles. The number of benzene rings is 1. The number of nitrogens with one attached hydrogen (secondary N) is 1. The van der Waals surface area contributed by atoms with Crippen LogP contribution >= 0.6 is 22.9 Å². The smallest absolute Gasteiger partial charge is 0.265 e. The van der Waals surface area contributed by atoms with Gasteiger partial charge in [0, 0.05) is 16.6 Å². The van der Waals surface area contributed by atoms with E-state index in [9.17, 15) is 13.2 Å². The lowest BCUT2D eigenvalue weighted by Crippen LogP contribution is -2.11. The summed E-state index contributed by atoms with van der Waals surface area (Å²) < 4.78 is 24.9. The first kappa shape index (κ1) is 16.3. The Kier molecular flexibility index (Phi) is 3.87. The van der Waals surface area contributed by atoms with Crippen LogP contribution in [0.2, 0.25) is 5.15 Å². The SMILES string of the molecule is O=C(Nc1cccnc1Cl)c1cc2c(s1)-c1ccccc1S(=O)(=O)C2. The zero-order valence-electron chi connectivity index (χ0n) is 12.7. The number of rotatable bonds is 2. The van der Waals surface area contributed by atoms with E-state index >= 15 is 0 Å². The number of carbonyl (C=O) groups is 1. The van der Waals surface area contributed by atoms with Crippen LogP contribution in [0.15, 0.2) is 53.6 Å². The normalized spacial score (nSPS) is 14.4. The van der Waals surface area contributed by atoms with Gasteiger partial charge in [-0.05, 0) is 29.8 Å². The predicted octanol–water partition coefficient (Wildman–Crippen LogP) is 4.00. The van der Waals surface area contributed by atoms with Crippen molar-refractivity contribution in [3.05, 3.63) is 64.3 Å². The van der Waals surface area contributed by atoms with Crippen LogP contribution in [-0.2, 0) is 15.6 Å². The van der Waals surface area contributed by atoms with Crippen LogP contribution in [0.5, 0.6) is 0 Å². The zero-order valence-corrected chi connectivity index (χ0v) is 15.1. The van der Waals surface area contributed by atoms with Crippen LogP contribution in [0, 0.1) is 0 Å². The number of thiophene rings is 1. The van der Waals surface area contributed by atoms with Gasteiger partial charge in [0.15, 0.2) is 15.0 Å². The number of aromatic nitrogens is 1. The van der Waals surface area contributed by atoms with E-state index in [1.807, 2.05) is 0 Å². The van der Waals surface area contributed by atoms with Crippen molar-refractivity contribution in [2.24, 2.45) is 0 Å². The number of hydrogen-bond donors (Lipinski definition) is 1. The van der Waals surface area contributed by atoms with E-state index in [2.05, 4.69) is 10.3 Å². The van der Waals surface area contributed by atoms with E-state index in [1.54, 1.807) is 42.5 Å². The van der Waals surface area contributed by atoms with E-state index in [0.717, 1.165) is 4.88 Å². The maximum atomic E-state index is 12.5. The van der Waals surface area contributed by atoms with Gasteiger partial charge in [-0.15, -0.1) is 11.3 Å². The van der Waals surface area contributed by atoms with Crippen LogP contribution in [0.25, 0.3) is 10.4 Å². The molecule has 3 heterocycles. The molecule has 126 valence electrons. The third-order valence-corrected chi connectivity index (χ3v) is 7.08. The third kappa shape index (κ3) is 2.84. The average molecular weight is 391 g/mol. The van der Waals surface area contributed by atoms with Gasteiger partial charge in [-0.2, -0.15) is 0 Å². The Morgan fingerprint density at radius 1 is 1.20 bits per heavy atom. The fourth-order valence-corrected chi connectivity index (χ4v) is 5.77. The highest BCUT2D eigenvalue weighted by Gasteiger charge is 2.30. The summed E-state index contributed by atoms with van der Waals surface area (Å²) in [6.07, 6.45) is 1.53. The molecule has 2 aromatic heterocycles. The summed E-state index contributed by atoms with van der Waals surface area (Å²) in [6.45, 7) is 0. The van der Waals surface area contributed by atoms with E-state index < -0.39 is 9.84 Å². The molecule has 5 nitrogen and oxygen atoms in total. The second kappa shape index (κ2) is 5.94. The molecule has 0 radical (unpaired) electrons. The van der Waals surface area contributed by atoms with Crippen molar-refractivity contribution in [2.45, 2.75) is 10.6 Å². The lowest BCUT2D eigenvalue weighted by atomic mass is 10.1. The van der Waals surface area contributed by atoms with Crippen LogP contribution in [0.1, 0.15) is 15.2 Å². The molecule has 25 heavy (non-hydrogen) atoms. The summed E-state index contributed by atoms with van der Waals surface area (Å²) >= 11 is 7.23. The van der Waals surface area contributed by atoms with Gasteiger partial charge in [0.05, 0.1) is 21.2 Å². The quantitative estimate of drug-likeness (QED) is 0.671. The summed E-state index contributed by atoms with van der Waals surface area (Å²) in [6, 6.07) is 11.8. The number of halogens is 1. The molecule has 1 aromatic carbocycles. The minimum atomic E-state index is -3.39.